The number of carbonyl (C=O) groups is 1. The average Bonchev–Trinajstić information content (AvgIpc) is 2.26. The number of rotatable bonds is 4. The molecular formula is C11H11NO3. The summed E-state index contributed by atoms with van der Waals surface area (Å²) in [6, 6.07) is 8.29. The molecule has 0 radical (unpaired) electrons. The number of hydrogen-bond acceptors (Lipinski definition) is 3. The fraction of sp³-hybridized carbons (Fsp3) is 0.273. The number of carboxylic acid groups (broad SMARTS) is 1. The first kappa shape index (κ1) is 11.2. The molecule has 0 aliphatic heterocycles. The van der Waals surface area contributed by atoms with Gasteiger partial charge in [0.15, 0.2) is 6.10 Å². The summed E-state index contributed by atoms with van der Waals surface area (Å²) in [6.45, 7) is 2.07. The fourth-order valence-corrected chi connectivity index (χ4v) is 1.21. The van der Waals surface area contributed by atoms with Crippen molar-refractivity contribution in [3.05, 3.63) is 35.4 Å². The minimum Gasteiger partial charge on any atom is -0.479 e. The van der Waals surface area contributed by atoms with Crippen LogP contribution in [0.3, 0.4) is 0 Å². The Balaban J connectivity index is 2.92. The molecule has 0 bridgehead atoms. The topological polar surface area (TPSA) is 70.3 Å². The number of ether oxygens (including phenoxy) is 1. The summed E-state index contributed by atoms with van der Waals surface area (Å²) in [4.78, 5) is 10.9. The highest BCUT2D eigenvalue weighted by atomic mass is 16.5. The van der Waals surface area contributed by atoms with Crippen LogP contribution in [0.25, 0.3) is 0 Å². The van der Waals surface area contributed by atoms with Gasteiger partial charge in [0.25, 0.3) is 0 Å². The van der Waals surface area contributed by atoms with Crippen molar-refractivity contribution in [2.45, 2.75) is 13.0 Å². The van der Waals surface area contributed by atoms with Crippen LogP contribution in [-0.4, -0.2) is 17.7 Å². The lowest BCUT2D eigenvalue weighted by Crippen LogP contribution is -2.15. The second-order valence-corrected chi connectivity index (χ2v) is 2.91. The first-order chi connectivity index (χ1) is 7.19. The predicted octanol–water partition coefficient (Wildman–Crippen LogP) is 1.72. The molecule has 0 aliphatic carbocycles. The summed E-state index contributed by atoms with van der Waals surface area (Å²) in [5, 5.41) is 17.5. The molecule has 1 aromatic carbocycles. The van der Waals surface area contributed by atoms with Crippen LogP contribution >= 0.6 is 0 Å². The van der Waals surface area contributed by atoms with Crippen LogP contribution in [0.1, 0.15) is 24.2 Å². The molecule has 0 aliphatic rings. The number of hydrogen-bond donors (Lipinski definition) is 1. The Labute approximate surface area is 87.7 Å². The van der Waals surface area contributed by atoms with E-state index in [2.05, 4.69) is 0 Å². The highest BCUT2D eigenvalue weighted by Gasteiger charge is 2.19. The maximum atomic E-state index is 10.9. The molecule has 0 aromatic heterocycles. The Kier molecular flexibility index (Phi) is 3.83. The van der Waals surface area contributed by atoms with E-state index in [0.29, 0.717) is 17.7 Å². The minimum absolute atomic E-state index is 0.330. The van der Waals surface area contributed by atoms with Gasteiger partial charge in [-0.15, -0.1) is 0 Å². The maximum Gasteiger partial charge on any atom is 0.337 e. The Bertz CT molecular complexity index is 378. The Hall–Kier alpha value is -1.86. The quantitative estimate of drug-likeness (QED) is 0.812. The summed E-state index contributed by atoms with van der Waals surface area (Å²) >= 11 is 0. The molecule has 0 heterocycles. The van der Waals surface area contributed by atoms with Crippen LogP contribution in [0.4, 0.5) is 0 Å². The Morgan fingerprint density at radius 3 is 2.53 bits per heavy atom. The van der Waals surface area contributed by atoms with E-state index >= 15 is 0 Å². The van der Waals surface area contributed by atoms with Crippen molar-refractivity contribution in [3.8, 4) is 6.07 Å². The van der Waals surface area contributed by atoms with Crippen molar-refractivity contribution < 1.29 is 14.6 Å². The number of nitrogens with zero attached hydrogens (tertiary/aromatic N) is 1. The molecule has 0 fully saturated rings. The summed E-state index contributed by atoms with van der Waals surface area (Å²) in [7, 11) is 0. The molecule has 0 saturated carbocycles. The van der Waals surface area contributed by atoms with Crippen LogP contribution in [-0.2, 0) is 9.53 Å². The molecule has 0 amide bonds. The third-order valence-corrected chi connectivity index (χ3v) is 1.90. The first-order valence-corrected chi connectivity index (χ1v) is 4.53. The van der Waals surface area contributed by atoms with Gasteiger partial charge in [-0.25, -0.2) is 4.79 Å². The molecule has 1 unspecified atom stereocenters. The second-order valence-electron chi connectivity index (χ2n) is 2.91. The van der Waals surface area contributed by atoms with Gasteiger partial charge in [-0.1, -0.05) is 12.1 Å². The number of nitriles is 1. The lowest BCUT2D eigenvalue weighted by Gasteiger charge is -2.12. The van der Waals surface area contributed by atoms with Gasteiger partial charge in [0, 0.05) is 6.61 Å². The third kappa shape index (κ3) is 2.79. The van der Waals surface area contributed by atoms with Crippen molar-refractivity contribution in [1.29, 1.82) is 5.26 Å². The smallest absolute Gasteiger partial charge is 0.337 e. The second kappa shape index (κ2) is 5.13. The number of carboxylic acids is 1. The molecule has 4 nitrogen and oxygen atoms in total. The molecule has 0 saturated heterocycles. The third-order valence-electron chi connectivity index (χ3n) is 1.90. The van der Waals surface area contributed by atoms with Gasteiger partial charge in [-0.05, 0) is 24.6 Å². The van der Waals surface area contributed by atoms with Crippen molar-refractivity contribution >= 4 is 5.97 Å². The van der Waals surface area contributed by atoms with Gasteiger partial charge >= 0.3 is 5.97 Å². The van der Waals surface area contributed by atoms with Crippen molar-refractivity contribution in [2.24, 2.45) is 0 Å². The zero-order valence-electron chi connectivity index (χ0n) is 8.30. The molecule has 4 heteroatoms. The monoisotopic (exact) mass is 205 g/mol. The van der Waals surface area contributed by atoms with E-state index in [1.54, 1.807) is 31.2 Å². The number of benzene rings is 1. The number of aliphatic carboxylic acids is 1. The van der Waals surface area contributed by atoms with Gasteiger partial charge in [-0.2, -0.15) is 5.26 Å². The van der Waals surface area contributed by atoms with Crippen LogP contribution in [0.5, 0.6) is 0 Å². The van der Waals surface area contributed by atoms with E-state index in [-0.39, 0.29) is 0 Å². The summed E-state index contributed by atoms with van der Waals surface area (Å²) in [5.41, 5.74) is 1.04. The van der Waals surface area contributed by atoms with Gasteiger partial charge in [-0.3, -0.25) is 0 Å². The van der Waals surface area contributed by atoms with E-state index in [1.807, 2.05) is 6.07 Å². The molecule has 15 heavy (non-hydrogen) atoms. The van der Waals surface area contributed by atoms with Crippen molar-refractivity contribution in [2.75, 3.05) is 6.61 Å². The molecule has 1 aromatic rings. The molecule has 78 valence electrons. The van der Waals surface area contributed by atoms with Crippen molar-refractivity contribution in [3.63, 3.8) is 0 Å². The zero-order chi connectivity index (χ0) is 11.3. The first-order valence-electron chi connectivity index (χ1n) is 4.53. The standard InChI is InChI=1S/C11H11NO3/c1-2-15-10(11(13)14)9-5-3-8(7-12)4-6-9/h3-6,10H,2H2,1H3,(H,13,14). The zero-order valence-corrected chi connectivity index (χ0v) is 8.30. The van der Waals surface area contributed by atoms with Crippen molar-refractivity contribution in [1.82, 2.24) is 0 Å². The minimum atomic E-state index is -1.03. The highest BCUT2D eigenvalue weighted by molar-refractivity contribution is 5.74. The van der Waals surface area contributed by atoms with Gasteiger partial charge in [0.1, 0.15) is 0 Å². The van der Waals surface area contributed by atoms with E-state index < -0.39 is 12.1 Å². The molecular weight excluding hydrogens is 194 g/mol. The van der Waals surface area contributed by atoms with Gasteiger partial charge in [0.2, 0.25) is 0 Å². The average molecular weight is 205 g/mol. The van der Waals surface area contributed by atoms with Gasteiger partial charge in [0.05, 0.1) is 11.6 Å². The largest absolute Gasteiger partial charge is 0.479 e. The molecule has 1 rings (SSSR count). The van der Waals surface area contributed by atoms with E-state index in [1.165, 1.54) is 0 Å². The van der Waals surface area contributed by atoms with Crippen LogP contribution in [0, 0.1) is 11.3 Å². The molecule has 0 spiro atoms. The summed E-state index contributed by atoms with van der Waals surface area (Å²) < 4.78 is 5.08. The van der Waals surface area contributed by atoms with E-state index in [9.17, 15) is 4.79 Å². The van der Waals surface area contributed by atoms with E-state index in [4.69, 9.17) is 15.1 Å². The van der Waals surface area contributed by atoms with Crippen LogP contribution in [0.15, 0.2) is 24.3 Å². The van der Waals surface area contributed by atoms with Gasteiger partial charge < -0.3 is 9.84 Å². The normalized spacial score (nSPS) is 11.7. The highest BCUT2D eigenvalue weighted by Crippen LogP contribution is 2.18. The van der Waals surface area contributed by atoms with E-state index in [0.717, 1.165) is 0 Å². The molecule has 1 N–H and O–H groups in total. The fourth-order valence-electron chi connectivity index (χ4n) is 1.21. The summed E-state index contributed by atoms with van der Waals surface area (Å²) in [6.07, 6.45) is -0.956. The lowest BCUT2D eigenvalue weighted by molar-refractivity contribution is -0.150. The Morgan fingerprint density at radius 1 is 1.53 bits per heavy atom. The predicted molar refractivity (Wildman–Crippen MR) is 53.2 cm³/mol. The maximum absolute atomic E-state index is 10.9. The van der Waals surface area contributed by atoms with Crippen LogP contribution in [0.2, 0.25) is 0 Å². The SMILES string of the molecule is CCOC(C(=O)O)c1ccc(C#N)cc1. The lowest BCUT2D eigenvalue weighted by atomic mass is 10.1. The Morgan fingerprint density at radius 2 is 2.13 bits per heavy atom. The molecule has 1 atom stereocenters. The van der Waals surface area contributed by atoms with Crippen LogP contribution < -0.4 is 0 Å². The summed E-state index contributed by atoms with van der Waals surface area (Å²) in [5.74, 6) is -1.03.